The third-order valence-corrected chi connectivity index (χ3v) is 3.72. The van der Waals surface area contributed by atoms with Gasteiger partial charge in [-0.2, -0.15) is 5.10 Å². The van der Waals surface area contributed by atoms with Gasteiger partial charge in [0.15, 0.2) is 0 Å². The number of carbonyl (C=O) groups excluding carboxylic acids is 1. The van der Waals surface area contributed by atoms with E-state index in [1.165, 1.54) is 0 Å². The largest absolute Gasteiger partial charge is 0.487 e. The smallest absolute Gasteiger partial charge is 0.282 e. The Morgan fingerprint density at radius 2 is 1.83 bits per heavy atom. The summed E-state index contributed by atoms with van der Waals surface area (Å²) in [7, 11) is 0. The van der Waals surface area contributed by atoms with Crippen LogP contribution in [-0.2, 0) is 4.79 Å². The van der Waals surface area contributed by atoms with Crippen molar-refractivity contribution in [1.82, 2.24) is 9.78 Å². The summed E-state index contributed by atoms with van der Waals surface area (Å²) in [5.41, 5.74) is -2.74. The maximum atomic E-state index is 13.1. The molecular formula is C16H14F6N4O4. The van der Waals surface area contributed by atoms with Crippen LogP contribution in [0.4, 0.5) is 37.7 Å². The van der Waals surface area contributed by atoms with Gasteiger partial charge in [-0.3, -0.25) is 19.6 Å². The number of aromatic nitrogens is 2. The normalized spacial score (nSPS) is 12.5. The average Bonchev–Trinajstić information content (AvgIpc) is 3.11. The average molecular weight is 440 g/mol. The van der Waals surface area contributed by atoms with Gasteiger partial charge in [-0.25, -0.2) is 26.3 Å². The summed E-state index contributed by atoms with van der Waals surface area (Å²) in [5, 5.41) is 16.5. The third-order valence-electron chi connectivity index (χ3n) is 3.72. The van der Waals surface area contributed by atoms with Gasteiger partial charge in [0, 0.05) is 12.1 Å². The highest BCUT2D eigenvalue weighted by Crippen LogP contribution is 2.29. The number of halogens is 6. The van der Waals surface area contributed by atoms with Crippen LogP contribution < -0.4 is 10.1 Å². The van der Waals surface area contributed by atoms with E-state index in [2.05, 4.69) is 10.4 Å². The third kappa shape index (κ3) is 5.61. The summed E-state index contributed by atoms with van der Waals surface area (Å²) in [6.07, 6.45) is -9.21. The molecule has 164 valence electrons. The van der Waals surface area contributed by atoms with Crippen molar-refractivity contribution in [3.05, 3.63) is 45.8 Å². The predicted octanol–water partition coefficient (Wildman–Crippen LogP) is 4.51. The second-order valence-corrected chi connectivity index (χ2v) is 5.88. The summed E-state index contributed by atoms with van der Waals surface area (Å²) in [6.45, 7) is 0.0292. The van der Waals surface area contributed by atoms with Crippen LogP contribution in [0.3, 0.4) is 0 Å². The summed E-state index contributed by atoms with van der Waals surface area (Å²) < 4.78 is 81.5. The molecule has 1 aromatic heterocycles. The number of non-ortho nitro benzene ring substituents is 1. The van der Waals surface area contributed by atoms with E-state index in [0.717, 1.165) is 25.1 Å². The Bertz CT molecular complexity index is 921. The molecule has 2 rings (SSSR count). The zero-order chi connectivity index (χ0) is 22.6. The van der Waals surface area contributed by atoms with E-state index < -0.39 is 59.8 Å². The number of anilines is 1. The van der Waals surface area contributed by atoms with Gasteiger partial charge < -0.3 is 10.1 Å². The van der Waals surface area contributed by atoms with Crippen LogP contribution in [-0.4, -0.2) is 33.6 Å². The van der Waals surface area contributed by atoms with E-state index in [9.17, 15) is 41.3 Å². The minimum atomic E-state index is -3.20. The highest BCUT2D eigenvalue weighted by molar-refractivity contribution is 5.94. The van der Waals surface area contributed by atoms with Crippen molar-refractivity contribution in [3.63, 3.8) is 0 Å². The summed E-state index contributed by atoms with van der Waals surface area (Å²) in [5.74, 6) is -1.37. The lowest BCUT2D eigenvalue weighted by atomic mass is 10.2. The highest BCUT2D eigenvalue weighted by atomic mass is 19.3. The number of nitrogens with one attached hydrogen (secondary N) is 1. The first-order valence-corrected chi connectivity index (χ1v) is 8.16. The Morgan fingerprint density at radius 3 is 2.37 bits per heavy atom. The SMILES string of the molecule is C[C@@H](C(=O)Nc1cc(OCC(F)F)cc([N+](=O)[O-])c1)n1nc(C(F)F)cc1C(F)F. The quantitative estimate of drug-likeness (QED) is 0.351. The van der Waals surface area contributed by atoms with Crippen LogP contribution in [0.15, 0.2) is 24.3 Å². The number of ether oxygens (including phenoxy) is 1. The molecule has 1 N–H and O–H groups in total. The first-order chi connectivity index (χ1) is 14.0. The molecule has 8 nitrogen and oxygen atoms in total. The fraction of sp³-hybridized carbons (Fsp3) is 0.375. The van der Waals surface area contributed by atoms with E-state index in [1.807, 2.05) is 0 Å². The Labute approximate surface area is 164 Å². The molecular weight excluding hydrogens is 426 g/mol. The van der Waals surface area contributed by atoms with Crippen LogP contribution in [0.25, 0.3) is 0 Å². The van der Waals surface area contributed by atoms with Crippen molar-refractivity contribution in [2.45, 2.75) is 32.2 Å². The molecule has 30 heavy (non-hydrogen) atoms. The van der Waals surface area contributed by atoms with Gasteiger partial charge in [-0.1, -0.05) is 0 Å². The van der Waals surface area contributed by atoms with Crippen LogP contribution in [0.1, 0.15) is 37.2 Å². The lowest BCUT2D eigenvalue weighted by molar-refractivity contribution is -0.384. The Hall–Kier alpha value is -3.32. The standard InChI is InChI=1S/C16H14F6N4O4/c1-7(25-12(15(21)22)5-11(24-25)14(19)20)16(27)23-8-2-9(26(28)29)4-10(3-8)30-6-13(17)18/h2-5,7,13-15H,6H2,1H3,(H,23,27)/t7-/m0/s1. The van der Waals surface area contributed by atoms with Crippen LogP contribution in [0, 0.1) is 10.1 Å². The number of hydrogen-bond acceptors (Lipinski definition) is 5. The molecule has 0 unspecified atom stereocenters. The maximum Gasteiger partial charge on any atom is 0.282 e. The van der Waals surface area contributed by atoms with Gasteiger partial charge >= 0.3 is 0 Å². The lowest BCUT2D eigenvalue weighted by Crippen LogP contribution is -2.26. The predicted molar refractivity (Wildman–Crippen MR) is 90.1 cm³/mol. The number of rotatable bonds is 9. The van der Waals surface area contributed by atoms with Crippen molar-refractivity contribution in [1.29, 1.82) is 0 Å². The van der Waals surface area contributed by atoms with E-state index >= 15 is 0 Å². The molecule has 0 radical (unpaired) electrons. The Balaban J connectivity index is 2.29. The molecule has 0 saturated carbocycles. The fourth-order valence-electron chi connectivity index (χ4n) is 2.37. The fourth-order valence-corrected chi connectivity index (χ4v) is 2.37. The van der Waals surface area contributed by atoms with Gasteiger partial charge in [-0.15, -0.1) is 0 Å². The first-order valence-electron chi connectivity index (χ1n) is 8.16. The minimum absolute atomic E-state index is 0.259. The molecule has 0 fully saturated rings. The monoisotopic (exact) mass is 440 g/mol. The van der Waals surface area contributed by atoms with Crippen LogP contribution in [0.2, 0.25) is 0 Å². The summed E-state index contributed by atoms with van der Waals surface area (Å²) in [4.78, 5) is 22.5. The Kier molecular flexibility index (Phi) is 7.24. The van der Waals surface area contributed by atoms with Crippen molar-refractivity contribution in [2.24, 2.45) is 0 Å². The van der Waals surface area contributed by atoms with E-state index in [1.54, 1.807) is 0 Å². The molecule has 0 saturated heterocycles. The molecule has 1 heterocycles. The number of nitro benzene ring substituents is 1. The van der Waals surface area contributed by atoms with Crippen LogP contribution >= 0.6 is 0 Å². The number of alkyl halides is 6. The lowest BCUT2D eigenvalue weighted by Gasteiger charge is -2.16. The van der Waals surface area contributed by atoms with E-state index in [4.69, 9.17) is 4.74 Å². The van der Waals surface area contributed by atoms with Gasteiger partial charge in [0.05, 0.1) is 16.7 Å². The molecule has 0 aliphatic carbocycles. The minimum Gasteiger partial charge on any atom is -0.487 e. The van der Waals surface area contributed by atoms with E-state index in [-0.39, 0.29) is 11.4 Å². The molecule has 0 aliphatic rings. The van der Waals surface area contributed by atoms with Gasteiger partial charge in [0.1, 0.15) is 29.8 Å². The maximum absolute atomic E-state index is 13.1. The molecule has 0 spiro atoms. The number of nitro groups is 1. The van der Waals surface area contributed by atoms with Crippen molar-refractivity contribution in [3.8, 4) is 5.75 Å². The first kappa shape index (κ1) is 23.0. The second-order valence-electron chi connectivity index (χ2n) is 5.88. The zero-order valence-electron chi connectivity index (χ0n) is 15.1. The van der Waals surface area contributed by atoms with Gasteiger partial charge in [0.2, 0.25) is 5.91 Å². The molecule has 0 aliphatic heterocycles. The molecule has 1 amide bonds. The summed E-state index contributed by atoms with van der Waals surface area (Å²) in [6, 6.07) is 1.68. The van der Waals surface area contributed by atoms with Crippen molar-refractivity contribution in [2.75, 3.05) is 11.9 Å². The van der Waals surface area contributed by atoms with Crippen molar-refractivity contribution >= 4 is 17.3 Å². The topological polar surface area (TPSA) is 99.3 Å². The molecule has 14 heteroatoms. The van der Waals surface area contributed by atoms with Crippen LogP contribution in [0.5, 0.6) is 5.75 Å². The van der Waals surface area contributed by atoms with Gasteiger partial charge in [-0.05, 0) is 13.0 Å². The second kappa shape index (κ2) is 9.45. The molecule has 1 aromatic carbocycles. The molecule has 0 bridgehead atoms. The van der Waals surface area contributed by atoms with Gasteiger partial charge in [0.25, 0.3) is 25.0 Å². The Morgan fingerprint density at radius 1 is 1.17 bits per heavy atom. The summed E-state index contributed by atoms with van der Waals surface area (Å²) >= 11 is 0. The number of carbonyl (C=O) groups is 1. The molecule has 1 atom stereocenters. The number of hydrogen-bond donors (Lipinski definition) is 1. The van der Waals surface area contributed by atoms with Crippen molar-refractivity contribution < 1.29 is 40.8 Å². The number of benzene rings is 1. The van der Waals surface area contributed by atoms with E-state index in [0.29, 0.717) is 10.7 Å². The zero-order valence-corrected chi connectivity index (χ0v) is 15.1. The molecule has 2 aromatic rings. The highest BCUT2D eigenvalue weighted by Gasteiger charge is 2.27. The number of nitrogens with zero attached hydrogens (tertiary/aromatic N) is 3. The number of amides is 1.